The lowest BCUT2D eigenvalue weighted by atomic mass is 10.0. The number of fused-ring (bicyclic) bond motifs is 1. The zero-order valence-corrected chi connectivity index (χ0v) is 10.6. The van der Waals surface area contributed by atoms with Gasteiger partial charge in [0.05, 0.1) is 18.1 Å². The van der Waals surface area contributed by atoms with Crippen LogP contribution in [0.1, 0.15) is 5.56 Å². The van der Waals surface area contributed by atoms with Gasteiger partial charge in [-0.1, -0.05) is 12.1 Å². The molecule has 0 aliphatic heterocycles. The molecule has 0 aliphatic carbocycles. The molecule has 0 radical (unpaired) electrons. The van der Waals surface area contributed by atoms with Crippen LogP contribution in [-0.2, 0) is 0 Å². The lowest BCUT2D eigenvalue weighted by Crippen LogP contribution is -2.04. The standard InChI is InChI=1S/C14H11F2N3O/c1-8-2-3-9(10-4-5-17-13(8)10)11-6-19-12(7-18-11)20-14(15)16/h2-7,14,17H,1H3. The molecular weight excluding hydrogens is 264 g/mol. The number of benzene rings is 1. The molecular formula is C14H11F2N3O. The van der Waals surface area contributed by atoms with Gasteiger partial charge in [0.15, 0.2) is 0 Å². The summed E-state index contributed by atoms with van der Waals surface area (Å²) in [4.78, 5) is 11.1. The van der Waals surface area contributed by atoms with Gasteiger partial charge in [0.25, 0.3) is 0 Å². The van der Waals surface area contributed by atoms with Crippen molar-refractivity contribution in [3.63, 3.8) is 0 Å². The van der Waals surface area contributed by atoms with E-state index < -0.39 is 6.61 Å². The molecule has 0 fully saturated rings. The van der Waals surface area contributed by atoms with Gasteiger partial charge in [-0.15, -0.1) is 0 Å². The molecule has 1 N–H and O–H groups in total. The highest BCUT2D eigenvalue weighted by Gasteiger charge is 2.10. The normalized spacial score (nSPS) is 11.2. The van der Waals surface area contributed by atoms with Gasteiger partial charge in [-0.2, -0.15) is 8.78 Å². The number of nitrogens with zero attached hydrogens (tertiary/aromatic N) is 2. The highest BCUT2D eigenvalue weighted by atomic mass is 19.3. The number of ether oxygens (including phenoxy) is 1. The van der Waals surface area contributed by atoms with E-state index in [1.54, 1.807) is 0 Å². The van der Waals surface area contributed by atoms with Crippen molar-refractivity contribution >= 4 is 10.9 Å². The van der Waals surface area contributed by atoms with Crippen molar-refractivity contribution in [1.29, 1.82) is 0 Å². The first-order valence-electron chi connectivity index (χ1n) is 5.99. The fourth-order valence-corrected chi connectivity index (χ4v) is 2.13. The maximum absolute atomic E-state index is 12.1. The second kappa shape index (κ2) is 4.88. The minimum Gasteiger partial charge on any atom is -0.415 e. The quantitative estimate of drug-likeness (QED) is 0.795. The molecule has 0 amide bonds. The van der Waals surface area contributed by atoms with Gasteiger partial charge in [-0.3, -0.25) is 0 Å². The van der Waals surface area contributed by atoms with Crippen molar-refractivity contribution in [3.8, 4) is 17.1 Å². The predicted molar refractivity (Wildman–Crippen MR) is 70.7 cm³/mol. The van der Waals surface area contributed by atoms with E-state index in [2.05, 4.69) is 19.7 Å². The number of rotatable bonds is 3. The Balaban J connectivity index is 2.03. The third kappa shape index (κ3) is 2.20. The number of nitrogens with one attached hydrogen (secondary N) is 1. The van der Waals surface area contributed by atoms with E-state index in [-0.39, 0.29) is 5.88 Å². The van der Waals surface area contributed by atoms with E-state index >= 15 is 0 Å². The molecule has 6 heteroatoms. The van der Waals surface area contributed by atoms with Gasteiger partial charge in [-0.05, 0) is 18.6 Å². The molecule has 1 aromatic carbocycles. The summed E-state index contributed by atoms with van der Waals surface area (Å²) in [5.74, 6) is -0.193. The third-order valence-electron chi connectivity index (χ3n) is 3.05. The fourth-order valence-electron chi connectivity index (χ4n) is 2.13. The number of aromatic nitrogens is 3. The van der Waals surface area contributed by atoms with Crippen LogP contribution >= 0.6 is 0 Å². The fraction of sp³-hybridized carbons (Fsp3) is 0.143. The second-order valence-electron chi connectivity index (χ2n) is 4.31. The topological polar surface area (TPSA) is 50.8 Å². The van der Waals surface area contributed by atoms with Crippen LogP contribution in [0.4, 0.5) is 8.78 Å². The van der Waals surface area contributed by atoms with Crippen LogP contribution in [0, 0.1) is 6.92 Å². The number of alkyl halides is 2. The van der Waals surface area contributed by atoms with Crippen LogP contribution < -0.4 is 4.74 Å². The maximum Gasteiger partial charge on any atom is 0.388 e. The van der Waals surface area contributed by atoms with Gasteiger partial charge in [0.2, 0.25) is 5.88 Å². The Morgan fingerprint density at radius 1 is 1.15 bits per heavy atom. The van der Waals surface area contributed by atoms with Crippen molar-refractivity contribution in [2.24, 2.45) is 0 Å². The Bertz CT molecular complexity index is 738. The summed E-state index contributed by atoms with van der Waals surface area (Å²) in [7, 11) is 0. The molecule has 0 aliphatic rings. The zero-order chi connectivity index (χ0) is 14.1. The molecule has 3 rings (SSSR count). The van der Waals surface area contributed by atoms with E-state index in [0.717, 1.165) is 22.0 Å². The van der Waals surface area contributed by atoms with E-state index in [4.69, 9.17) is 0 Å². The zero-order valence-electron chi connectivity index (χ0n) is 10.6. The largest absolute Gasteiger partial charge is 0.415 e. The summed E-state index contributed by atoms with van der Waals surface area (Å²) >= 11 is 0. The summed E-state index contributed by atoms with van der Waals surface area (Å²) in [5, 5.41) is 1.02. The molecule has 0 atom stereocenters. The number of hydrogen-bond donors (Lipinski definition) is 1. The molecule has 2 heterocycles. The van der Waals surface area contributed by atoms with E-state index in [1.165, 1.54) is 12.4 Å². The van der Waals surface area contributed by atoms with Crippen LogP contribution in [0.2, 0.25) is 0 Å². The van der Waals surface area contributed by atoms with Crippen molar-refractivity contribution in [2.75, 3.05) is 0 Å². The smallest absolute Gasteiger partial charge is 0.388 e. The van der Waals surface area contributed by atoms with Crippen molar-refractivity contribution in [3.05, 3.63) is 42.4 Å². The molecule has 0 spiro atoms. The van der Waals surface area contributed by atoms with E-state index in [1.807, 2.05) is 31.3 Å². The van der Waals surface area contributed by atoms with Gasteiger partial charge >= 0.3 is 6.61 Å². The summed E-state index contributed by atoms with van der Waals surface area (Å²) in [6.45, 7) is -0.890. The predicted octanol–water partition coefficient (Wildman–Crippen LogP) is 3.53. The number of aromatic amines is 1. The van der Waals surface area contributed by atoms with Crippen LogP contribution in [0.3, 0.4) is 0 Å². The van der Waals surface area contributed by atoms with Crippen LogP contribution in [0.15, 0.2) is 36.8 Å². The first-order valence-corrected chi connectivity index (χ1v) is 5.99. The van der Waals surface area contributed by atoms with Crippen molar-refractivity contribution < 1.29 is 13.5 Å². The SMILES string of the molecule is Cc1ccc(-c2cnc(OC(F)F)cn2)c2cc[nH]c12. The Labute approximate surface area is 113 Å². The molecule has 0 saturated heterocycles. The van der Waals surface area contributed by atoms with Crippen LogP contribution in [-0.4, -0.2) is 21.6 Å². The van der Waals surface area contributed by atoms with Crippen molar-refractivity contribution in [1.82, 2.24) is 15.0 Å². The number of aryl methyl sites for hydroxylation is 1. The summed E-state index contributed by atoms with van der Waals surface area (Å²) in [6, 6.07) is 5.85. The van der Waals surface area contributed by atoms with Crippen LogP contribution in [0.5, 0.6) is 5.88 Å². The maximum atomic E-state index is 12.1. The molecule has 4 nitrogen and oxygen atoms in total. The number of halogens is 2. The van der Waals surface area contributed by atoms with Gasteiger partial charge in [-0.25, -0.2) is 9.97 Å². The molecule has 3 aromatic rings. The first-order chi connectivity index (χ1) is 9.65. The van der Waals surface area contributed by atoms with E-state index in [9.17, 15) is 8.78 Å². The minimum atomic E-state index is -2.90. The highest BCUT2D eigenvalue weighted by molar-refractivity contribution is 5.95. The first kappa shape index (κ1) is 12.5. The molecule has 102 valence electrons. The Morgan fingerprint density at radius 3 is 2.70 bits per heavy atom. The third-order valence-corrected chi connectivity index (χ3v) is 3.05. The average molecular weight is 275 g/mol. The Hall–Kier alpha value is -2.50. The van der Waals surface area contributed by atoms with Gasteiger partial charge in [0.1, 0.15) is 0 Å². The molecule has 0 bridgehead atoms. The highest BCUT2D eigenvalue weighted by Crippen LogP contribution is 2.28. The summed E-state index contributed by atoms with van der Waals surface area (Å²) in [5.41, 5.74) is 3.65. The summed E-state index contributed by atoms with van der Waals surface area (Å²) in [6.07, 6.45) is 4.47. The lowest BCUT2D eigenvalue weighted by Gasteiger charge is -2.06. The Kier molecular flexibility index (Phi) is 3.06. The molecule has 20 heavy (non-hydrogen) atoms. The molecule has 0 saturated carbocycles. The number of hydrogen-bond acceptors (Lipinski definition) is 3. The van der Waals surface area contributed by atoms with Crippen LogP contribution in [0.25, 0.3) is 22.2 Å². The molecule has 2 aromatic heterocycles. The number of H-pyrrole nitrogens is 1. The van der Waals surface area contributed by atoms with Gasteiger partial charge < -0.3 is 9.72 Å². The van der Waals surface area contributed by atoms with Gasteiger partial charge in [0, 0.05) is 22.7 Å². The van der Waals surface area contributed by atoms with E-state index in [0.29, 0.717) is 5.69 Å². The minimum absolute atomic E-state index is 0.193. The monoisotopic (exact) mass is 275 g/mol. The Morgan fingerprint density at radius 2 is 2.00 bits per heavy atom. The average Bonchev–Trinajstić information content (AvgIpc) is 2.90. The summed E-state index contributed by atoms with van der Waals surface area (Å²) < 4.78 is 28.3. The lowest BCUT2D eigenvalue weighted by molar-refractivity contribution is -0.0530. The second-order valence-corrected chi connectivity index (χ2v) is 4.31. The van der Waals surface area contributed by atoms with Crippen molar-refractivity contribution in [2.45, 2.75) is 13.5 Å². The molecule has 0 unspecified atom stereocenters.